The molecule has 2 amide bonds. The second kappa shape index (κ2) is 9.33. The predicted molar refractivity (Wildman–Crippen MR) is 122 cm³/mol. The highest BCUT2D eigenvalue weighted by atomic mass is 16.7. The van der Waals surface area contributed by atoms with Gasteiger partial charge in [-0.15, -0.1) is 0 Å². The van der Waals surface area contributed by atoms with Crippen LogP contribution in [0, 0.1) is 0 Å². The van der Waals surface area contributed by atoms with Crippen molar-refractivity contribution in [3.8, 4) is 0 Å². The van der Waals surface area contributed by atoms with Crippen molar-refractivity contribution in [2.45, 2.75) is 109 Å². The van der Waals surface area contributed by atoms with Crippen LogP contribution in [0.2, 0.25) is 6.32 Å². The topological polar surface area (TPSA) is 126 Å². The average molecular weight is 470 g/mol. The third-order valence-electron chi connectivity index (χ3n) is 6.92. The number of likely N-dealkylation sites (N-methyl/N-ethyl adjacent to an activating group) is 1. The lowest BCUT2D eigenvalue weighted by atomic mass is 9.80. The Hall–Kier alpha value is -2.01. The molecule has 0 bridgehead atoms. The van der Waals surface area contributed by atoms with Gasteiger partial charge in [-0.2, -0.15) is 0 Å². The van der Waals surface area contributed by atoms with E-state index in [9.17, 15) is 24.6 Å². The number of amides is 2. The van der Waals surface area contributed by atoms with Gasteiger partial charge in [0.15, 0.2) is 0 Å². The molecule has 2 heterocycles. The zero-order valence-corrected chi connectivity index (χ0v) is 21.1. The second-order valence-electron chi connectivity index (χ2n) is 11.1. The maximum Gasteiger partial charge on any atom is 0.457 e. The summed E-state index contributed by atoms with van der Waals surface area (Å²) in [6.07, 6.45) is -0.123. The lowest BCUT2D eigenvalue weighted by molar-refractivity contribution is -0.149. The van der Waals surface area contributed by atoms with Gasteiger partial charge in [0, 0.05) is 20.0 Å². The molecule has 2 saturated heterocycles. The smallest absolute Gasteiger partial charge is 0.457 e. The van der Waals surface area contributed by atoms with Crippen LogP contribution in [0.4, 0.5) is 9.59 Å². The van der Waals surface area contributed by atoms with E-state index < -0.39 is 46.5 Å². The molecular weight excluding hydrogens is 431 g/mol. The highest BCUT2D eigenvalue weighted by Crippen LogP contribution is 2.40. The van der Waals surface area contributed by atoms with Crippen molar-refractivity contribution in [3.05, 3.63) is 0 Å². The highest BCUT2D eigenvalue weighted by Gasteiger charge is 2.55. The fourth-order valence-electron chi connectivity index (χ4n) is 4.31. The molecule has 0 radical (unpaired) electrons. The Balaban J connectivity index is 2.05. The minimum atomic E-state index is -1.61. The largest absolute Gasteiger partial charge is 0.479 e. The van der Waals surface area contributed by atoms with Crippen LogP contribution < -0.4 is 0 Å². The summed E-state index contributed by atoms with van der Waals surface area (Å²) in [5.41, 5.74) is -3.20. The van der Waals surface area contributed by atoms with Gasteiger partial charge >= 0.3 is 25.3 Å². The maximum absolute atomic E-state index is 12.5. The molecule has 1 unspecified atom stereocenters. The molecule has 11 heteroatoms. The molecule has 0 aliphatic carbocycles. The Morgan fingerprint density at radius 3 is 2.09 bits per heavy atom. The Morgan fingerprint density at radius 2 is 1.64 bits per heavy atom. The van der Waals surface area contributed by atoms with Crippen molar-refractivity contribution in [1.29, 1.82) is 0 Å². The first-order valence-electron chi connectivity index (χ1n) is 11.5. The fraction of sp³-hybridized carbons (Fsp3) is 0.864. The van der Waals surface area contributed by atoms with Gasteiger partial charge in [-0.3, -0.25) is 4.90 Å². The molecule has 2 atom stereocenters. The summed E-state index contributed by atoms with van der Waals surface area (Å²) in [5.74, 6) is -1.21. The standard InChI is InChI=1S/C22H39BN2O8/c1-19(2,3)31-18(30)24(8)15-13-22(16(26)27,25(14-15)17(28)29)11-9-10-12-23-32-20(4,5)21(6,7)33-23/h15H,9-14H2,1-8H3,(H,26,27)(H,28,29)/t15-,22?/m1/s1. The molecule has 0 saturated carbocycles. The van der Waals surface area contributed by atoms with Gasteiger partial charge in [0.2, 0.25) is 0 Å². The van der Waals surface area contributed by atoms with E-state index in [1.54, 1.807) is 20.8 Å². The molecule has 0 aromatic heterocycles. The molecule has 2 aliphatic heterocycles. The third kappa shape index (κ3) is 5.92. The van der Waals surface area contributed by atoms with Crippen molar-refractivity contribution in [2.24, 2.45) is 0 Å². The molecule has 0 spiro atoms. The number of carboxylic acids is 1. The number of nitrogens with zero attached hydrogens (tertiary/aromatic N) is 2. The van der Waals surface area contributed by atoms with E-state index in [0.29, 0.717) is 19.2 Å². The zero-order valence-electron chi connectivity index (χ0n) is 21.1. The van der Waals surface area contributed by atoms with E-state index >= 15 is 0 Å². The summed E-state index contributed by atoms with van der Waals surface area (Å²) in [6, 6.07) is -0.602. The van der Waals surface area contributed by atoms with Crippen molar-refractivity contribution >= 4 is 25.3 Å². The quantitative estimate of drug-likeness (QED) is 0.426. The van der Waals surface area contributed by atoms with Gasteiger partial charge in [0.1, 0.15) is 11.1 Å². The molecule has 10 nitrogen and oxygen atoms in total. The average Bonchev–Trinajstić information content (AvgIpc) is 3.12. The molecule has 2 aliphatic rings. The van der Waals surface area contributed by atoms with Crippen molar-refractivity contribution in [2.75, 3.05) is 13.6 Å². The van der Waals surface area contributed by atoms with Crippen LogP contribution in [0.3, 0.4) is 0 Å². The number of likely N-dealkylation sites (tertiary alicyclic amines) is 1. The van der Waals surface area contributed by atoms with Crippen molar-refractivity contribution in [1.82, 2.24) is 9.80 Å². The monoisotopic (exact) mass is 470 g/mol. The van der Waals surface area contributed by atoms with Gasteiger partial charge in [0.25, 0.3) is 0 Å². The van der Waals surface area contributed by atoms with Crippen LogP contribution >= 0.6 is 0 Å². The van der Waals surface area contributed by atoms with Crippen molar-refractivity contribution in [3.63, 3.8) is 0 Å². The van der Waals surface area contributed by atoms with E-state index in [2.05, 4.69) is 0 Å². The minimum Gasteiger partial charge on any atom is -0.479 e. The number of rotatable bonds is 7. The molecule has 2 rings (SSSR count). The molecule has 0 aromatic rings. The van der Waals surface area contributed by atoms with E-state index in [0.717, 1.165) is 4.90 Å². The van der Waals surface area contributed by atoms with E-state index in [4.69, 9.17) is 14.0 Å². The van der Waals surface area contributed by atoms with Gasteiger partial charge in [-0.1, -0.05) is 12.8 Å². The zero-order chi connectivity index (χ0) is 25.4. The summed E-state index contributed by atoms with van der Waals surface area (Å²) < 4.78 is 17.3. The molecule has 188 valence electrons. The summed E-state index contributed by atoms with van der Waals surface area (Å²) in [7, 11) is 1.12. The maximum atomic E-state index is 12.5. The number of carbonyl (C=O) groups is 3. The first kappa shape index (κ1) is 27.2. The summed E-state index contributed by atoms with van der Waals surface area (Å²) in [6.45, 7) is 13.0. The fourth-order valence-corrected chi connectivity index (χ4v) is 4.31. The Bertz CT molecular complexity index is 750. The Kier molecular flexibility index (Phi) is 7.70. The van der Waals surface area contributed by atoms with Gasteiger partial charge < -0.3 is 29.2 Å². The van der Waals surface area contributed by atoms with Gasteiger partial charge in [-0.25, -0.2) is 14.4 Å². The van der Waals surface area contributed by atoms with Crippen LogP contribution in [0.15, 0.2) is 0 Å². The third-order valence-corrected chi connectivity index (χ3v) is 6.92. The number of hydrogen-bond donors (Lipinski definition) is 2. The molecule has 33 heavy (non-hydrogen) atoms. The number of carboxylic acid groups (broad SMARTS) is 2. The number of aliphatic carboxylic acids is 1. The van der Waals surface area contributed by atoms with Crippen molar-refractivity contribution < 1.29 is 38.6 Å². The van der Waals surface area contributed by atoms with E-state index in [1.807, 2.05) is 27.7 Å². The Labute approximate surface area is 196 Å². The first-order valence-corrected chi connectivity index (χ1v) is 11.5. The number of unbranched alkanes of at least 4 members (excludes halogenated alkanes) is 1. The lowest BCUT2D eigenvalue weighted by Crippen LogP contribution is -2.52. The van der Waals surface area contributed by atoms with Gasteiger partial charge in [0.05, 0.1) is 17.2 Å². The SMILES string of the molecule is CN(C(=O)OC(C)(C)C)[C@H]1CN(C(=O)O)C(CCCCB2OC(C)(C)C(C)(C)O2)(C(=O)O)C1. The lowest BCUT2D eigenvalue weighted by Gasteiger charge is -2.32. The summed E-state index contributed by atoms with van der Waals surface area (Å²) in [4.78, 5) is 39.0. The van der Waals surface area contributed by atoms with Crippen LogP contribution in [-0.2, 0) is 18.8 Å². The molecular formula is C22H39BN2O8. The molecule has 2 fully saturated rings. The van der Waals surface area contributed by atoms with E-state index in [-0.39, 0.29) is 26.5 Å². The first-order chi connectivity index (χ1) is 14.9. The number of hydrogen-bond acceptors (Lipinski definition) is 6. The summed E-state index contributed by atoms with van der Waals surface area (Å²) >= 11 is 0. The number of ether oxygens (including phenoxy) is 1. The molecule has 0 aromatic carbocycles. The predicted octanol–water partition coefficient (Wildman–Crippen LogP) is 3.69. The minimum absolute atomic E-state index is 0.000860. The highest BCUT2D eigenvalue weighted by molar-refractivity contribution is 6.45. The van der Waals surface area contributed by atoms with Gasteiger partial charge in [-0.05, 0) is 61.2 Å². The second-order valence-corrected chi connectivity index (χ2v) is 11.1. The normalized spacial score (nSPS) is 26.4. The summed E-state index contributed by atoms with van der Waals surface area (Å²) in [5, 5.41) is 19.8. The molecule has 2 N–H and O–H groups in total. The Morgan fingerprint density at radius 1 is 1.09 bits per heavy atom. The number of carbonyl (C=O) groups excluding carboxylic acids is 1. The van der Waals surface area contributed by atoms with Crippen LogP contribution in [-0.4, -0.2) is 87.3 Å². The van der Waals surface area contributed by atoms with Crippen LogP contribution in [0.25, 0.3) is 0 Å². The van der Waals surface area contributed by atoms with Crippen LogP contribution in [0.5, 0.6) is 0 Å². The van der Waals surface area contributed by atoms with Crippen LogP contribution in [0.1, 0.15) is 74.1 Å². The van der Waals surface area contributed by atoms with E-state index in [1.165, 1.54) is 11.9 Å².